The van der Waals surface area contributed by atoms with Crippen LogP contribution in [0.2, 0.25) is 0 Å². The number of carbonyl (C=O) groups is 1. The van der Waals surface area contributed by atoms with E-state index in [1.807, 2.05) is 30.3 Å². The molecule has 0 spiro atoms. The number of hydrogen-bond donors (Lipinski definition) is 1. The molecule has 2 aromatic rings. The lowest BCUT2D eigenvalue weighted by Gasteiger charge is -2.27. The Morgan fingerprint density at radius 2 is 1.85 bits per heavy atom. The van der Waals surface area contributed by atoms with Gasteiger partial charge in [0.05, 0.1) is 13.2 Å². The van der Waals surface area contributed by atoms with E-state index in [2.05, 4.69) is 44.3 Å². The van der Waals surface area contributed by atoms with Crippen LogP contribution in [0.15, 0.2) is 53.0 Å². The van der Waals surface area contributed by atoms with Crippen LogP contribution in [0.25, 0.3) is 0 Å². The van der Waals surface area contributed by atoms with Crippen molar-refractivity contribution in [3.63, 3.8) is 0 Å². The zero-order valence-electron chi connectivity index (χ0n) is 14.7. The first-order valence-corrected chi connectivity index (χ1v) is 9.94. The molecule has 2 aliphatic rings. The second-order valence-corrected chi connectivity index (χ2v) is 7.95. The Labute approximate surface area is 162 Å². The van der Waals surface area contributed by atoms with Gasteiger partial charge in [0, 0.05) is 35.7 Å². The number of nitrogens with one attached hydrogen (secondary N) is 1. The first kappa shape index (κ1) is 17.7. The number of benzene rings is 2. The second-order valence-electron chi connectivity index (χ2n) is 7.04. The summed E-state index contributed by atoms with van der Waals surface area (Å²) in [6, 6.07) is 16.4. The van der Waals surface area contributed by atoms with Crippen molar-refractivity contribution in [1.82, 2.24) is 4.90 Å². The highest BCUT2D eigenvalue weighted by molar-refractivity contribution is 9.10. The molecular formula is C21H23BrN2O2. The van der Waals surface area contributed by atoms with E-state index in [0.717, 1.165) is 49.4 Å². The molecule has 1 saturated carbocycles. The number of carbonyl (C=O) groups excluding carboxylic acids is 1. The van der Waals surface area contributed by atoms with E-state index >= 15 is 0 Å². The van der Waals surface area contributed by atoms with Crippen molar-refractivity contribution in [2.24, 2.45) is 5.92 Å². The number of morpholine rings is 1. The predicted molar refractivity (Wildman–Crippen MR) is 106 cm³/mol. The Kier molecular flexibility index (Phi) is 5.38. The fourth-order valence-electron chi connectivity index (χ4n) is 3.57. The normalized spacial score (nSPS) is 22.8. The third kappa shape index (κ3) is 4.17. The predicted octanol–water partition coefficient (Wildman–Crippen LogP) is 4.02. The van der Waals surface area contributed by atoms with Crippen LogP contribution in [0.3, 0.4) is 0 Å². The summed E-state index contributed by atoms with van der Waals surface area (Å²) in [5.41, 5.74) is 3.35. The maximum absolute atomic E-state index is 12.7. The molecule has 136 valence electrons. The molecule has 5 heteroatoms. The fourth-order valence-corrected chi connectivity index (χ4v) is 3.83. The average molecular weight is 415 g/mol. The molecular weight excluding hydrogens is 392 g/mol. The van der Waals surface area contributed by atoms with Crippen molar-refractivity contribution >= 4 is 27.5 Å². The van der Waals surface area contributed by atoms with Gasteiger partial charge >= 0.3 is 0 Å². The van der Waals surface area contributed by atoms with Crippen LogP contribution in [0.1, 0.15) is 23.5 Å². The van der Waals surface area contributed by atoms with E-state index in [1.165, 1.54) is 11.1 Å². The fraction of sp³-hybridized carbons (Fsp3) is 0.381. The number of amides is 1. The number of para-hydroxylation sites is 1. The molecule has 2 fully saturated rings. The molecule has 1 heterocycles. The smallest absolute Gasteiger partial charge is 0.228 e. The summed E-state index contributed by atoms with van der Waals surface area (Å²) < 4.78 is 6.49. The van der Waals surface area contributed by atoms with Gasteiger partial charge in [-0.3, -0.25) is 9.69 Å². The molecule has 0 bridgehead atoms. The molecule has 0 radical (unpaired) electrons. The van der Waals surface area contributed by atoms with E-state index in [4.69, 9.17) is 4.74 Å². The van der Waals surface area contributed by atoms with E-state index in [1.54, 1.807) is 0 Å². The van der Waals surface area contributed by atoms with Crippen LogP contribution >= 0.6 is 15.9 Å². The number of anilines is 1. The van der Waals surface area contributed by atoms with Crippen molar-refractivity contribution in [3.05, 3.63) is 64.1 Å². The second kappa shape index (κ2) is 7.91. The zero-order valence-corrected chi connectivity index (χ0v) is 16.2. The summed E-state index contributed by atoms with van der Waals surface area (Å²) in [6.45, 7) is 4.30. The molecule has 2 aromatic carbocycles. The van der Waals surface area contributed by atoms with Crippen LogP contribution < -0.4 is 5.32 Å². The van der Waals surface area contributed by atoms with Crippen LogP contribution in [0, 0.1) is 5.92 Å². The molecule has 4 rings (SSSR count). The van der Waals surface area contributed by atoms with Gasteiger partial charge < -0.3 is 10.1 Å². The lowest BCUT2D eigenvalue weighted by molar-refractivity contribution is -0.117. The number of halogens is 1. The molecule has 26 heavy (non-hydrogen) atoms. The standard InChI is InChI=1S/C21H23BrN2O2/c22-17-7-5-15(6-8-17)18-13-19(18)21(25)23-20-4-2-1-3-16(20)14-24-9-11-26-12-10-24/h1-8,18-19H,9-14H2,(H,23,25). The number of hydrogen-bond acceptors (Lipinski definition) is 3. The molecule has 1 saturated heterocycles. The summed E-state index contributed by atoms with van der Waals surface area (Å²) in [5, 5.41) is 3.17. The van der Waals surface area contributed by atoms with Gasteiger partial charge in [-0.25, -0.2) is 0 Å². The average Bonchev–Trinajstić information content (AvgIpc) is 3.46. The molecule has 1 aliphatic carbocycles. The Morgan fingerprint density at radius 3 is 2.62 bits per heavy atom. The van der Waals surface area contributed by atoms with Gasteiger partial charge in [0.2, 0.25) is 5.91 Å². The van der Waals surface area contributed by atoms with Gasteiger partial charge in [-0.2, -0.15) is 0 Å². The first-order valence-electron chi connectivity index (χ1n) is 9.15. The third-order valence-corrected chi connectivity index (χ3v) is 5.73. The molecule has 1 amide bonds. The van der Waals surface area contributed by atoms with Crippen molar-refractivity contribution < 1.29 is 9.53 Å². The molecule has 1 aliphatic heterocycles. The quantitative estimate of drug-likeness (QED) is 0.802. The van der Waals surface area contributed by atoms with E-state index in [9.17, 15) is 4.79 Å². The van der Waals surface area contributed by atoms with Gasteiger partial charge in [-0.15, -0.1) is 0 Å². The van der Waals surface area contributed by atoms with Gasteiger partial charge in [0.25, 0.3) is 0 Å². The highest BCUT2D eigenvalue weighted by Crippen LogP contribution is 2.48. The van der Waals surface area contributed by atoms with Crippen LogP contribution in [-0.2, 0) is 16.1 Å². The lowest BCUT2D eigenvalue weighted by Crippen LogP contribution is -2.35. The maximum atomic E-state index is 12.7. The Balaban J connectivity index is 1.39. The maximum Gasteiger partial charge on any atom is 0.228 e. The Hall–Kier alpha value is -1.69. The topological polar surface area (TPSA) is 41.6 Å². The minimum absolute atomic E-state index is 0.0765. The number of rotatable bonds is 5. The summed E-state index contributed by atoms with van der Waals surface area (Å²) in [7, 11) is 0. The van der Waals surface area contributed by atoms with Gasteiger partial charge in [-0.1, -0.05) is 46.3 Å². The Bertz CT molecular complexity index is 772. The van der Waals surface area contributed by atoms with Crippen LogP contribution in [0.4, 0.5) is 5.69 Å². The van der Waals surface area contributed by atoms with Crippen molar-refractivity contribution in [1.29, 1.82) is 0 Å². The lowest BCUT2D eigenvalue weighted by atomic mass is 10.1. The van der Waals surface area contributed by atoms with E-state index in [0.29, 0.717) is 5.92 Å². The van der Waals surface area contributed by atoms with Crippen molar-refractivity contribution in [2.75, 3.05) is 31.6 Å². The highest BCUT2D eigenvalue weighted by atomic mass is 79.9. The minimum atomic E-state index is 0.0765. The zero-order chi connectivity index (χ0) is 17.9. The summed E-state index contributed by atoms with van der Waals surface area (Å²) in [4.78, 5) is 15.1. The summed E-state index contributed by atoms with van der Waals surface area (Å²) >= 11 is 3.46. The number of ether oxygens (including phenoxy) is 1. The van der Waals surface area contributed by atoms with E-state index in [-0.39, 0.29) is 11.8 Å². The minimum Gasteiger partial charge on any atom is -0.379 e. The summed E-state index contributed by atoms with van der Waals surface area (Å²) in [5.74, 6) is 0.550. The van der Waals surface area contributed by atoms with E-state index < -0.39 is 0 Å². The van der Waals surface area contributed by atoms with Crippen LogP contribution in [0.5, 0.6) is 0 Å². The van der Waals surface area contributed by atoms with Gasteiger partial charge in [0.15, 0.2) is 0 Å². The SMILES string of the molecule is O=C(Nc1ccccc1CN1CCOCC1)C1CC1c1ccc(Br)cc1. The summed E-state index contributed by atoms with van der Waals surface area (Å²) in [6.07, 6.45) is 0.930. The molecule has 0 aromatic heterocycles. The molecule has 2 atom stereocenters. The highest BCUT2D eigenvalue weighted by Gasteiger charge is 2.44. The van der Waals surface area contributed by atoms with Crippen molar-refractivity contribution in [2.45, 2.75) is 18.9 Å². The molecule has 1 N–H and O–H groups in total. The largest absolute Gasteiger partial charge is 0.379 e. The molecule has 2 unspecified atom stereocenters. The first-order chi connectivity index (χ1) is 12.7. The molecule has 4 nitrogen and oxygen atoms in total. The Morgan fingerprint density at radius 1 is 1.12 bits per heavy atom. The van der Waals surface area contributed by atoms with Gasteiger partial charge in [0.1, 0.15) is 0 Å². The number of nitrogens with zero attached hydrogens (tertiary/aromatic N) is 1. The third-order valence-electron chi connectivity index (χ3n) is 5.20. The van der Waals surface area contributed by atoms with Gasteiger partial charge in [-0.05, 0) is 41.7 Å². The monoisotopic (exact) mass is 414 g/mol. The van der Waals surface area contributed by atoms with Crippen LogP contribution in [-0.4, -0.2) is 37.1 Å². The van der Waals surface area contributed by atoms with Crippen molar-refractivity contribution in [3.8, 4) is 0 Å².